The molecule has 1 heterocycles. The van der Waals surface area contributed by atoms with E-state index in [-0.39, 0.29) is 0 Å². The molecule has 1 aliphatic rings. The van der Waals surface area contributed by atoms with Crippen LogP contribution >= 0.6 is 15.9 Å². The molecule has 0 saturated carbocycles. The van der Waals surface area contributed by atoms with Crippen molar-refractivity contribution in [1.29, 1.82) is 0 Å². The molecule has 0 amide bonds. The van der Waals surface area contributed by atoms with Gasteiger partial charge in [0.05, 0.1) is 17.7 Å². The second-order valence-corrected chi connectivity index (χ2v) is 5.66. The number of nitrogens with two attached hydrogens (primary N) is 1. The van der Waals surface area contributed by atoms with Gasteiger partial charge in [-0.3, -0.25) is 0 Å². The highest BCUT2D eigenvalue weighted by atomic mass is 79.9. The number of halogens is 1. The van der Waals surface area contributed by atoms with Gasteiger partial charge in [0.15, 0.2) is 11.5 Å². The number of hydrogen-bond acceptors (Lipinski definition) is 3. The highest BCUT2D eigenvalue weighted by Crippen LogP contribution is 2.42. The van der Waals surface area contributed by atoms with Crippen LogP contribution in [0.25, 0.3) is 0 Å². The highest BCUT2D eigenvalue weighted by molar-refractivity contribution is 9.10. The van der Waals surface area contributed by atoms with Crippen molar-refractivity contribution < 1.29 is 9.47 Å². The SMILES string of the molecule is CCc1c(CCCCN)cc(Br)c2c1OCCCO2. The molecular formula is C15H22BrNO2. The van der Waals surface area contributed by atoms with Crippen molar-refractivity contribution in [3.05, 3.63) is 21.7 Å². The van der Waals surface area contributed by atoms with Gasteiger partial charge < -0.3 is 15.2 Å². The van der Waals surface area contributed by atoms with Crippen LogP contribution < -0.4 is 15.2 Å². The lowest BCUT2D eigenvalue weighted by Crippen LogP contribution is -2.03. The van der Waals surface area contributed by atoms with Gasteiger partial charge in [0, 0.05) is 12.0 Å². The number of ether oxygens (including phenoxy) is 2. The summed E-state index contributed by atoms with van der Waals surface area (Å²) in [7, 11) is 0. The summed E-state index contributed by atoms with van der Waals surface area (Å²) in [4.78, 5) is 0. The topological polar surface area (TPSA) is 44.5 Å². The Kier molecular flexibility index (Phi) is 5.52. The number of benzene rings is 1. The number of rotatable bonds is 5. The zero-order valence-corrected chi connectivity index (χ0v) is 13.1. The zero-order chi connectivity index (χ0) is 13.7. The van der Waals surface area contributed by atoms with Gasteiger partial charge in [0.25, 0.3) is 0 Å². The molecule has 106 valence electrons. The summed E-state index contributed by atoms with van der Waals surface area (Å²) >= 11 is 3.61. The lowest BCUT2D eigenvalue weighted by molar-refractivity contribution is 0.295. The van der Waals surface area contributed by atoms with E-state index in [0.29, 0.717) is 0 Å². The molecule has 1 aliphatic heterocycles. The fourth-order valence-corrected chi connectivity index (χ4v) is 3.03. The quantitative estimate of drug-likeness (QED) is 0.842. The van der Waals surface area contributed by atoms with Crippen molar-refractivity contribution in [2.24, 2.45) is 5.73 Å². The third-order valence-corrected chi connectivity index (χ3v) is 4.01. The van der Waals surface area contributed by atoms with E-state index in [0.717, 1.165) is 67.8 Å². The Bertz CT molecular complexity index is 435. The van der Waals surface area contributed by atoms with Crippen molar-refractivity contribution in [2.75, 3.05) is 19.8 Å². The molecule has 0 fully saturated rings. The van der Waals surface area contributed by atoms with Crippen LogP contribution in [-0.4, -0.2) is 19.8 Å². The molecule has 19 heavy (non-hydrogen) atoms. The van der Waals surface area contributed by atoms with Gasteiger partial charge >= 0.3 is 0 Å². The minimum Gasteiger partial charge on any atom is -0.489 e. The smallest absolute Gasteiger partial charge is 0.175 e. The fraction of sp³-hybridized carbons (Fsp3) is 0.600. The molecule has 0 unspecified atom stereocenters. The summed E-state index contributed by atoms with van der Waals surface area (Å²) in [6.07, 6.45) is 5.14. The number of fused-ring (bicyclic) bond motifs is 1. The molecule has 0 bridgehead atoms. The Morgan fingerprint density at radius 2 is 1.95 bits per heavy atom. The van der Waals surface area contributed by atoms with Gasteiger partial charge in [-0.2, -0.15) is 0 Å². The van der Waals surface area contributed by atoms with E-state index >= 15 is 0 Å². The van der Waals surface area contributed by atoms with Crippen molar-refractivity contribution in [3.63, 3.8) is 0 Å². The van der Waals surface area contributed by atoms with Crippen LogP contribution in [0.15, 0.2) is 10.5 Å². The van der Waals surface area contributed by atoms with E-state index in [9.17, 15) is 0 Å². The molecule has 3 nitrogen and oxygen atoms in total. The molecule has 0 radical (unpaired) electrons. The van der Waals surface area contributed by atoms with Crippen LogP contribution in [0.2, 0.25) is 0 Å². The standard InChI is InChI=1S/C15H22BrNO2/c1-2-12-11(6-3-4-7-17)10-13(16)15-14(12)18-8-5-9-19-15/h10H,2-9,17H2,1H3. The van der Waals surface area contributed by atoms with E-state index in [1.165, 1.54) is 11.1 Å². The fourth-order valence-electron chi connectivity index (χ4n) is 2.46. The Morgan fingerprint density at radius 3 is 2.63 bits per heavy atom. The van der Waals surface area contributed by atoms with E-state index in [1.54, 1.807) is 0 Å². The van der Waals surface area contributed by atoms with Crippen LogP contribution in [0.1, 0.15) is 37.3 Å². The minimum atomic E-state index is 0.723. The largest absolute Gasteiger partial charge is 0.489 e. The van der Waals surface area contributed by atoms with E-state index < -0.39 is 0 Å². The van der Waals surface area contributed by atoms with Crippen LogP contribution in [0.5, 0.6) is 11.5 Å². The predicted molar refractivity (Wildman–Crippen MR) is 81.1 cm³/mol. The predicted octanol–water partition coefficient (Wildman–Crippen LogP) is 3.45. The Morgan fingerprint density at radius 1 is 1.21 bits per heavy atom. The van der Waals surface area contributed by atoms with Gasteiger partial charge in [-0.15, -0.1) is 0 Å². The van der Waals surface area contributed by atoms with Crippen molar-refractivity contribution in [1.82, 2.24) is 0 Å². The Balaban J connectivity index is 2.33. The monoisotopic (exact) mass is 327 g/mol. The normalized spacial score (nSPS) is 14.3. The number of unbranched alkanes of at least 4 members (excludes halogenated alkanes) is 1. The van der Waals surface area contributed by atoms with Crippen molar-refractivity contribution in [3.8, 4) is 11.5 Å². The summed E-state index contributed by atoms with van der Waals surface area (Å²) in [6, 6.07) is 2.18. The third-order valence-electron chi connectivity index (χ3n) is 3.42. The van der Waals surface area contributed by atoms with E-state index in [1.807, 2.05) is 0 Å². The summed E-state index contributed by atoms with van der Waals surface area (Å²) < 4.78 is 12.7. The molecule has 0 saturated heterocycles. The first-order valence-corrected chi connectivity index (χ1v) is 7.87. The molecule has 1 aromatic carbocycles. The Hall–Kier alpha value is -0.740. The van der Waals surface area contributed by atoms with Gasteiger partial charge in [-0.25, -0.2) is 0 Å². The third kappa shape index (κ3) is 3.42. The van der Waals surface area contributed by atoms with E-state index in [4.69, 9.17) is 15.2 Å². The van der Waals surface area contributed by atoms with Gasteiger partial charge in [0.2, 0.25) is 0 Å². The molecule has 2 N–H and O–H groups in total. The van der Waals surface area contributed by atoms with Gasteiger partial charge in [0.1, 0.15) is 0 Å². The van der Waals surface area contributed by atoms with Crippen LogP contribution in [0.3, 0.4) is 0 Å². The molecular weight excluding hydrogens is 306 g/mol. The van der Waals surface area contributed by atoms with Crippen molar-refractivity contribution >= 4 is 15.9 Å². The number of aryl methyl sites for hydroxylation is 1. The first kappa shape index (κ1) is 14.7. The summed E-state index contributed by atoms with van der Waals surface area (Å²) in [5, 5.41) is 0. The first-order chi connectivity index (χ1) is 9.27. The number of hydrogen-bond donors (Lipinski definition) is 1. The molecule has 0 spiro atoms. The van der Waals surface area contributed by atoms with Gasteiger partial charge in [-0.05, 0) is 59.8 Å². The first-order valence-electron chi connectivity index (χ1n) is 7.07. The minimum absolute atomic E-state index is 0.723. The maximum atomic E-state index is 5.92. The van der Waals surface area contributed by atoms with Crippen LogP contribution in [0, 0.1) is 0 Å². The summed E-state index contributed by atoms with van der Waals surface area (Å²) in [6.45, 7) is 4.39. The van der Waals surface area contributed by atoms with Crippen LogP contribution in [0.4, 0.5) is 0 Å². The average Bonchev–Trinajstić information content (AvgIpc) is 2.65. The molecule has 2 rings (SSSR count). The molecule has 1 aromatic rings. The molecule has 4 heteroatoms. The van der Waals surface area contributed by atoms with Crippen molar-refractivity contribution in [2.45, 2.75) is 39.0 Å². The summed E-state index contributed by atoms with van der Waals surface area (Å²) in [5.41, 5.74) is 8.21. The zero-order valence-electron chi connectivity index (χ0n) is 11.5. The maximum Gasteiger partial charge on any atom is 0.175 e. The van der Waals surface area contributed by atoms with Crippen LogP contribution in [-0.2, 0) is 12.8 Å². The van der Waals surface area contributed by atoms with E-state index in [2.05, 4.69) is 28.9 Å². The highest BCUT2D eigenvalue weighted by Gasteiger charge is 2.20. The molecule has 0 atom stereocenters. The lowest BCUT2D eigenvalue weighted by Gasteiger charge is -2.17. The molecule has 0 aromatic heterocycles. The van der Waals surface area contributed by atoms with Gasteiger partial charge in [-0.1, -0.05) is 6.92 Å². The molecule has 0 aliphatic carbocycles. The maximum absolute atomic E-state index is 5.92. The lowest BCUT2D eigenvalue weighted by atomic mass is 9.98. The second kappa shape index (κ2) is 7.15. The average molecular weight is 328 g/mol. The Labute approximate surface area is 123 Å². The summed E-state index contributed by atoms with van der Waals surface area (Å²) in [5.74, 6) is 1.81. The second-order valence-electron chi connectivity index (χ2n) is 4.80.